The molecule has 1 saturated heterocycles. The predicted molar refractivity (Wildman–Crippen MR) is 57.4 cm³/mol. The van der Waals surface area contributed by atoms with Gasteiger partial charge in [-0.1, -0.05) is 6.07 Å². The first-order valence-corrected chi connectivity index (χ1v) is 5.23. The first kappa shape index (κ1) is 10.0. The van der Waals surface area contributed by atoms with Crippen LogP contribution in [0.25, 0.3) is 0 Å². The topological polar surface area (TPSA) is 56.0 Å². The zero-order chi connectivity index (χ0) is 10.7. The minimum atomic E-state index is 0.253. The summed E-state index contributed by atoms with van der Waals surface area (Å²) in [6.07, 6.45) is 2.61. The summed E-state index contributed by atoms with van der Waals surface area (Å²) >= 11 is 0. The lowest BCUT2D eigenvalue weighted by Gasteiger charge is -2.13. The Morgan fingerprint density at radius 1 is 1.53 bits per heavy atom. The number of phenolic OH excluding ortho intramolecular Hbond substituents is 1. The third-order valence-electron chi connectivity index (χ3n) is 2.81. The Morgan fingerprint density at radius 3 is 3.07 bits per heavy atom. The Bertz CT molecular complexity index is 389. The second kappa shape index (κ2) is 4.33. The summed E-state index contributed by atoms with van der Waals surface area (Å²) < 4.78 is 0. The highest BCUT2D eigenvalue weighted by atomic mass is 16.3. The van der Waals surface area contributed by atoms with Crippen molar-refractivity contribution in [3.63, 3.8) is 0 Å². The van der Waals surface area contributed by atoms with Crippen molar-refractivity contribution in [2.24, 2.45) is 0 Å². The highest BCUT2D eigenvalue weighted by Crippen LogP contribution is 2.30. The second-order valence-electron chi connectivity index (χ2n) is 3.88. The predicted octanol–water partition coefficient (Wildman–Crippen LogP) is 1.88. The average molecular weight is 202 g/mol. The van der Waals surface area contributed by atoms with Crippen molar-refractivity contribution in [1.82, 2.24) is 5.32 Å². The highest BCUT2D eigenvalue weighted by Gasteiger charge is 2.19. The van der Waals surface area contributed by atoms with Gasteiger partial charge in [0.25, 0.3) is 0 Å². The molecule has 0 spiro atoms. The van der Waals surface area contributed by atoms with Crippen LogP contribution in [0.2, 0.25) is 0 Å². The lowest BCUT2D eigenvalue weighted by molar-refractivity contribution is 0.456. The summed E-state index contributed by atoms with van der Waals surface area (Å²) in [6.45, 7) is 1.01. The van der Waals surface area contributed by atoms with E-state index in [1.807, 2.05) is 6.07 Å². The van der Waals surface area contributed by atoms with Gasteiger partial charge in [0, 0.05) is 11.6 Å². The van der Waals surface area contributed by atoms with Gasteiger partial charge in [0.1, 0.15) is 5.75 Å². The molecular formula is C12H14N2O. The molecule has 1 heterocycles. The third kappa shape index (κ3) is 2.11. The molecule has 0 aromatic heterocycles. The zero-order valence-electron chi connectivity index (χ0n) is 8.53. The largest absolute Gasteiger partial charge is 0.508 e. The van der Waals surface area contributed by atoms with Crippen molar-refractivity contribution in [2.45, 2.75) is 25.3 Å². The Labute approximate surface area is 89.4 Å². The number of hydrogen-bond acceptors (Lipinski definition) is 3. The maximum atomic E-state index is 9.74. The third-order valence-corrected chi connectivity index (χ3v) is 2.81. The smallest absolute Gasteiger partial charge is 0.120 e. The van der Waals surface area contributed by atoms with Crippen LogP contribution in [0.3, 0.4) is 0 Å². The number of hydrogen-bond donors (Lipinski definition) is 2. The van der Waals surface area contributed by atoms with Crippen LogP contribution in [0.5, 0.6) is 5.75 Å². The quantitative estimate of drug-likeness (QED) is 0.769. The van der Waals surface area contributed by atoms with E-state index in [9.17, 15) is 5.11 Å². The Kier molecular flexibility index (Phi) is 2.89. The van der Waals surface area contributed by atoms with Gasteiger partial charge in [-0.15, -0.1) is 0 Å². The number of rotatable bonds is 2. The molecule has 0 saturated carbocycles. The van der Waals surface area contributed by atoms with Crippen molar-refractivity contribution in [2.75, 3.05) is 6.54 Å². The lowest BCUT2D eigenvalue weighted by atomic mass is 10.0. The molecule has 0 amide bonds. The van der Waals surface area contributed by atoms with E-state index in [0.717, 1.165) is 30.5 Å². The molecule has 1 fully saturated rings. The number of nitrogens with zero attached hydrogens (tertiary/aromatic N) is 1. The standard InChI is InChI=1S/C12H14N2O/c13-6-5-9-3-4-12(15)10(8-9)11-2-1-7-14-11/h3-4,8,11,14-15H,1-2,5,7H2/t11-/m0/s1. The summed E-state index contributed by atoms with van der Waals surface area (Å²) in [5.74, 6) is 0.330. The highest BCUT2D eigenvalue weighted by molar-refractivity contribution is 5.39. The normalized spacial score (nSPS) is 20.1. The van der Waals surface area contributed by atoms with Crippen LogP contribution in [-0.4, -0.2) is 11.7 Å². The van der Waals surface area contributed by atoms with Gasteiger partial charge in [0.15, 0.2) is 0 Å². The molecule has 15 heavy (non-hydrogen) atoms. The molecule has 2 rings (SSSR count). The number of nitrogens with one attached hydrogen (secondary N) is 1. The monoisotopic (exact) mass is 202 g/mol. The van der Waals surface area contributed by atoms with Crippen LogP contribution in [-0.2, 0) is 6.42 Å². The van der Waals surface area contributed by atoms with Crippen LogP contribution in [0.15, 0.2) is 18.2 Å². The summed E-state index contributed by atoms with van der Waals surface area (Å²) in [4.78, 5) is 0. The molecule has 1 aliphatic heterocycles. The number of phenols is 1. The van der Waals surface area contributed by atoms with E-state index in [-0.39, 0.29) is 6.04 Å². The van der Waals surface area contributed by atoms with E-state index in [1.54, 1.807) is 12.1 Å². The first-order valence-electron chi connectivity index (χ1n) is 5.23. The van der Waals surface area contributed by atoms with Crippen LogP contribution < -0.4 is 5.32 Å². The van der Waals surface area contributed by atoms with Crippen LogP contribution in [0, 0.1) is 11.3 Å². The lowest BCUT2D eigenvalue weighted by Crippen LogP contribution is -2.13. The van der Waals surface area contributed by atoms with Crippen molar-refractivity contribution in [3.05, 3.63) is 29.3 Å². The summed E-state index contributed by atoms with van der Waals surface area (Å²) in [5.41, 5.74) is 1.90. The number of benzene rings is 1. The summed E-state index contributed by atoms with van der Waals surface area (Å²) in [6, 6.07) is 7.79. The summed E-state index contributed by atoms with van der Waals surface area (Å²) in [7, 11) is 0. The van der Waals surface area contributed by atoms with E-state index in [4.69, 9.17) is 5.26 Å². The summed E-state index contributed by atoms with van der Waals surface area (Å²) in [5, 5.41) is 21.7. The molecule has 0 radical (unpaired) electrons. The van der Waals surface area contributed by atoms with Gasteiger partial charge in [-0.2, -0.15) is 5.26 Å². The average Bonchev–Trinajstić information content (AvgIpc) is 2.74. The molecule has 0 aliphatic carbocycles. The molecule has 2 N–H and O–H groups in total. The fourth-order valence-electron chi connectivity index (χ4n) is 2.03. The van der Waals surface area contributed by atoms with Gasteiger partial charge in [-0.05, 0) is 37.1 Å². The van der Waals surface area contributed by atoms with E-state index in [2.05, 4.69) is 11.4 Å². The molecule has 78 valence electrons. The Morgan fingerprint density at radius 2 is 2.40 bits per heavy atom. The number of nitriles is 1. The molecule has 1 aromatic rings. The minimum Gasteiger partial charge on any atom is -0.508 e. The fraction of sp³-hybridized carbons (Fsp3) is 0.417. The maximum Gasteiger partial charge on any atom is 0.120 e. The van der Waals surface area contributed by atoms with E-state index >= 15 is 0 Å². The molecular weight excluding hydrogens is 188 g/mol. The first-order chi connectivity index (χ1) is 7.31. The maximum absolute atomic E-state index is 9.74. The van der Waals surface area contributed by atoms with E-state index < -0.39 is 0 Å². The molecule has 1 aromatic carbocycles. The molecule has 1 aliphatic rings. The van der Waals surface area contributed by atoms with Crippen LogP contribution in [0.1, 0.15) is 30.0 Å². The van der Waals surface area contributed by atoms with Gasteiger partial charge in [0.05, 0.1) is 12.5 Å². The van der Waals surface area contributed by atoms with Crippen molar-refractivity contribution >= 4 is 0 Å². The van der Waals surface area contributed by atoms with Gasteiger partial charge in [0.2, 0.25) is 0 Å². The second-order valence-corrected chi connectivity index (χ2v) is 3.88. The molecule has 3 heteroatoms. The molecule has 0 bridgehead atoms. The van der Waals surface area contributed by atoms with E-state index in [1.165, 1.54) is 0 Å². The zero-order valence-corrected chi connectivity index (χ0v) is 8.53. The Hall–Kier alpha value is -1.53. The van der Waals surface area contributed by atoms with E-state index in [0.29, 0.717) is 12.2 Å². The van der Waals surface area contributed by atoms with Crippen molar-refractivity contribution < 1.29 is 5.11 Å². The van der Waals surface area contributed by atoms with Crippen LogP contribution in [0.4, 0.5) is 0 Å². The minimum absolute atomic E-state index is 0.253. The van der Waals surface area contributed by atoms with Gasteiger partial charge >= 0.3 is 0 Å². The Balaban J connectivity index is 2.28. The number of aromatic hydroxyl groups is 1. The van der Waals surface area contributed by atoms with Gasteiger partial charge < -0.3 is 10.4 Å². The molecule has 0 unspecified atom stereocenters. The van der Waals surface area contributed by atoms with Gasteiger partial charge in [-0.3, -0.25) is 0 Å². The van der Waals surface area contributed by atoms with Crippen LogP contribution >= 0.6 is 0 Å². The SMILES string of the molecule is N#CCc1ccc(O)c([C@@H]2CCCN2)c1. The molecule has 1 atom stereocenters. The van der Waals surface area contributed by atoms with Gasteiger partial charge in [-0.25, -0.2) is 0 Å². The van der Waals surface area contributed by atoms with Crippen molar-refractivity contribution in [1.29, 1.82) is 5.26 Å². The fourth-order valence-corrected chi connectivity index (χ4v) is 2.03. The van der Waals surface area contributed by atoms with Crippen molar-refractivity contribution in [3.8, 4) is 11.8 Å². The molecule has 3 nitrogen and oxygen atoms in total.